The van der Waals surface area contributed by atoms with Gasteiger partial charge in [-0.1, -0.05) is 35.5 Å². The largest absolute Gasteiger partial charge is 0.387 e. The third-order valence-corrected chi connectivity index (χ3v) is 2.75. The Balaban J connectivity index is 1.79. The molecule has 17 heavy (non-hydrogen) atoms. The molecular weight excluding hydrogens is 214 g/mol. The predicted octanol–water partition coefficient (Wildman–Crippen LogP) is 1.87. The summed E-state index contributed by atoms with van der Waals surface area (Å²) in [5.74, 6) is 0. The van der Waals surface area contributed by atoms with Gasteiger partial charge in [0, 0.05) is 7.05 Å². The maximum Gasteiger partial charge on any atom is 0.111 e. The molecule has 4 nitrogen and oxygen atoms in total. The van der Waals surface area contributed by atoms with Gasteiger partial charge in [-0.15, -0.1) is 5.10 Å². The average Bonchev–Trinajstić information content (AvgIpc) is 2.77. The molecule has 0 amide bonds. The van der Waals surface area contributed by atoms with Crippen molar-refractivity contribution in [2.45, 2.75) is 25.4 Å². The van der Waals surface area contributed by atoms with E-state index in [9.17, 15) is 5.11 Å². The van der Waals surface area contributed by atoms with Crippen LogP contribution in [0, 0.1) is 0 Å². The lowest BCUT2D eigenvalue weighted by Gasteiger charge is -2.06. The van der Waals surface area contributed by atoms with E-state index >= 15 is 0 Å². The number of hydrogen-bond acceptors (Lipinski definition) is 3. The molecule has 0 spiro atoms. The van der Waals surface area contributed by atoms with Gasteiger partial charge in [-0.25, -0.2) is 0 Å². The molecule has 2 rings (SSSR count). The number of aliphatic hydroxyl groups is 1. The van der Waals surface area contributed by atoms with Gasteiger partial charge in [0.2, 0.25) is 0 Å². The fraction of sp³-hybridized carbons (Fsp3) is 0.385. The zero-order valence-corrected chi connectivity index (χ0v) is 9.95. The zero-order valence-electron chi connectivity index (χ0n) is 9.95. The van der Waals surface area contributed by atoms with Gasteiger partial charge in [-0.3, -0.25) is 4.68 Å². The maximum absolute atomic E-state index is 9.90. The standard InChI is InChI=1S/C13H17N3O/c1-16-10-12(14-15-16)13(17)9-5-8-11-6-3-2-4-7-11/h2-4,6-7,10,13,17H,5,8-9H2,1H3. The molecule has 0 aliphatic heterocycles. The molecule has 1 heterocycles. The smallest absolute Gasteiger partial charge is 0.111 e. The Kier molecular flexibility index (Phi) is 3.88. The van der Waals surface area contributed by atoms with Gasteiger partial charge in [-0.05, 0) is 24.8 Å². The van der Waals surface area contributed by atoms with Crippen molar-refractivity contribution in [3.63, 3.8) is 0 Å². The van der Waals surface area contributed by atoms with Gasteiger partial charge in [-0.2, -0.15) is 0 Å². The van der Waals surface area contributed by atoms with Crippen LogP contribution in [0.25, 0.3) is 0 Å². The van der Waals surface area contributed by atoms with Gasteiger partial charge < -0.3 is 5.11 Å². The normalized spacial score (nSPS) is 12.6. The highest BCUT2D eigenvalue weighted by Gasteiger charge is 2.10. The van der Waals surface area contributed by atoms with E-state index in [1.54, 1.807) is 17.9 Å². The first-order valence-corrected chi connectivity index (χ1v) is 5.84. The van der Waals surface area contributed by atoms with Crippen LogP contribution < -0.4 is 0 Å². The number of nitrogens with zero attached hydrogens (tertiary/aromatic N) is 3. The van der Waals surface area contributed by atoms with Crippen LogP contribution in [-0.4, -0.2) is 20.1 Å². The highest BCUT2D eigenvalue weighted by Crippen LogP contribution is 2.16. The van der Waals surface area contributed by atoms with E-state index in [0.29, 0.717) is 12.1 Å². The van der Waals surface area contributed by atoms with Crippen molar-refractivity contribution in [1.29, 1.82) is 0 Å². The van der Waals surface area contributed by atoms with Crippen LogP contribution in [0.2, 0.25) is 0 Å². The molecule has 0 saturated carbocycles. The van der Waals surface area contributed by atoms with E-state index in [1.807, 2.05) is 18.2 Å². The summed E-state index contributed by atoms with van der Waals surface area (Å²) in [6.45, 7) is 0. The summed E-state index contributed by atoms with van der Waals surface area (Å²) in [7, 11) is 1.80. The first kappa shape index (κ1) is 11.8. The predicted molar refractivity (Wildman–Crippen MR) is 65.3 cm³/mol. The van der Waals surface area contributed by atoms with Gasteiger partial charge in [0.1, 0.15) is 5.69 Å². The van der Waals surface area contributed by atoms with E-state index in [1.165, 1.54) is 5.56 Å². The first-order chi connectivity index (χ1) is 8.25. The minimum absolute atomic E-state index is 0.507. The Morgan fingerprint density at radius 3 is 2.71 bits per heavy atom. The summed E-state index contributed by atoms with van der Waals surface area (Å²) in [5, 5.41) is 17.6. The van der Waals surface area contributed by atoms with E-state index in [2.05, 4.69) is 22.4 Å². The summed E-state index contributed by atoms with van der Waals surface area (Å²) in [4.78, 5) is 0. The Morgan fingerprint density at radius 1 is 1.29 bits per heavy atom. The van der Waals surface area contributed by atoms with Gasteiger partial charge >= 0.3 is 0 Å². The second kappa shape index (κ2) is 5.59. The van der Waals surface area contributed by atoms with Crippen molar-refractivity contribution < 1.29 is 5.11 Å². The highest BCUT2D eigenvalue weighted by molar-refractivity contribution is 5.14. The van der Waals surface area contributed by atoms with Crippen LogP contribution >= 0.6 is 0 Å². The van der Waals surface area contributed by atoms with Crippen LogP contribution in [0.4, 0.5) is 0 Å². The quantitative estimate of drug-likeness (QED) is 0.854. The van der Waals surface area contributed by atoms with Crippen molar-refractivity contribution >= 4 is 0 Å². The first-order valence-electron chi connectivity index (χ1n) is 5.84. The minimum atomic E-state index is -0.507. The molecule has 1 aromatic heterocycles. The van der Waals surface area contributed by atoms with E-state index in [-0.39, 0.29) is 0 Å². The van der Waals surface area contributed by atoms with E-state index < -0.39 is 6.10 Å². The molecule has 1 atom stereocenters. The summed E-state index contributed by atoms with van der Waals surface area (Å²) >= 11 is 0. The monoisotopic (exact) mass is 231 g/mol. The third kappa shape index (κ3) is 3.39. The SMILES string of the molecule is Cn1cc(C(O)CCCc2ccccc2)nn1. The average molecular weight is 231 g/mol. The van der Waals surface area contributed by atoms with Crippen molar-refractivity contribution in [2.75, 3.05) is 0 Å². The number of aryl methyl sites for hydroxylation is 2. The summed E-state index contributed by atoms with van der Waals surface area (Å²) in [6.07, 6.45) is 3.90. The molecule has 0 aliphatic carbocycles. The Hall–Kier alpha value is -1.68. The van der Waals surface area contributed by atoms with Crippen molar-refractivity contribution in [3.8, 4) is 0 Å². The fourth-order valence-corrected chi connectivity index (χ4v) is 1.81. The summed E-state index contributed by atoms with van der Waals surface area (Å²) < 4.78 is 1.61. The number of aromatic nitrogens is 3. The van der Waals surface area contributed by atoms with E-state index in [0.717, 1.165) is 12.8 Å². The molecule has 4 heteroatoms. The third-order valence-electron chi connectivity index (χ3n) is 2.75. The summed E-state index contributed by atoms with van der Waals surface area (Å²) in [6, 6.07) is 10.3. The van der Waals surface area contributed by atoms with Crippen molar-refractivity contribution in [3.05, 3.63) is 47.8 Å². The molecule has 0 fully saturated rings. The number of benzene rings is 1. The van der Waals surface area contributed by atoms with E-state index in [4.69, 9.17) is 0 Å². The van der Waals surface area contributed by atoms with Gasteiger partial charge in [0.25, 0.3) is 0 Å². The van der Waals surface area contributed by atoms with Crippen molar-refractivity contribution in [1.82, 2.24) is 15.0 Å². The lowest BCUT2D eigenvalue weighted by Crippen LogP contribution is -1.99. The molecule has 90 valence electrons. The Morgan fingerprint density at radius 2 is 2.06 bits per heavy atom. The highest BCUT2D eigenvalue weighted by atomic mass is 16.3. The summed E-state index contributed by atoms with van der Waals surface area (Å²) in [5.41, 5.74) is 1.96. The molecule has 0 radical (unpaired) electrons. The van der Waals surface area contributed by atoms with Gasteiger partial charge in [0.05, 0.1) is 12.3 Å². The molecule has 0 bridgehead atoms. The van der Waals surface area contributed by atoms with Crippen LogP contribution in [-0.2, 0) is 13.5 Å². The zero-order chi connectivity index (χ0) is 12.1. The van der Waals surface area contributed by atoms with Gasteiger partial charge in [0.15, 0.2) is 0 Å². The lowest BCUT2D eigenvalue weighted by molar-refractivity contribution is 0.160. The molecule has 1 unspecified atom stereocenters. The molecular formula is C13H17N3O. The number of aliphatic hydroxyl groups excluding tert-OH is 1. The fourth-order valence-electron chi connectivity index (χ4n) is 1.81. The van der Waals surface area contributed by atoms with Crippen LogP contribution in [0.3, 0.4) is 0 Å². The molecule has 0 saturated heterocycles. The van der Waals surface area contributed by atoms with Crippen LogP contribution in [0.5, 0.6) is 0 Å². The maximum atomic E-state index is 9.90. The minimum Gasteiger partial charge on any atom is -0.387 e. The molecule has 0 aliphatic rings. The Bertz CT molecular complexity index is 453. The number of rotatable bonds is 5. The van der Waals surface area contributed by atoms with Crippen LogP contribution in [0.1, 0.15) is 30.2 Å². The second-order valence-corrected chi connectivity index (χ2v) is 4.21. The molecule has 1 N–H and O–H groups in total. The Labute approximate surface area is 101 Å². The second-order valence-electron chi connectivity index (χ2n) is 4.21. The lowest BCUT2D eigenvalue weighted by atomic mass is 10.1. The topological polar surface area (TPSA) is 50.9 Å². The molecule has 2 aromatic rings. The number of hydrogen-bond donors (Lipinski definition) is 1. The van der Waals surface area contributed by atoms with Crippen LogP contribution in [0.15, 0.2) is 36.5 Å². The van der Waals surface area contributed by atoms with Crippen molar-refractivity contribution in [2.24, 2.45) is 7.05 Å². The molecule has 1 aromatic carbocycles.